The molecule has 0 bridgehead atoms. The van der Waals surface area contributed by atoms with Crippen molar-refractivity contribution in [2.45, 2.75) is 6.54 Å². The lowest BCUT2D eigenvalue weighted by atomic mass is 10.1. The molecular weight excluding hydrogens is 278 g/mol. The molecule has 0 aromatic heterocycles. The lowest BCUT2D eigenvalue weighted by molar-refractivity contribution is 0.104. The maximum atomic E-state index is 12.1. The highest BCUT2D eigenvalue weighted by Gasteiger charge is 2.08. The highest BCUT2D eigenvalue weighted by atomic mass is 16.5. The third-order valence-electron chi connectivity index (χ3n) is 3.17. The quantitative estimate of drug-likeness (QED) is 0.630. The second-order valence-corrected chi connectivity index (χ2v) is 4.63. The number of carbonyl (C=O) groups excluding carboxylic acids is 1. The Morgan fingerprint density at radius 2 is 1.77 bits per heavy atom. The largest absolute Gasteiger partial charge is 0.493 e. The van der Waals surface area contributed by atoms with Crippen molar-refractivity contribution in [1.82, 2.24) is 5.32 Å². The Kier molecular flexibility index (Phi) is 5.60. The Morgan fingerprint density at radius 1 is 1.05 bits per heavy atom. The normalized spacial score (nSPS) is 10.5. The van der Waals surface area contributed by atoms with Gasteiger partial charge >= 0.3 is 0 Å². The standard InChI is InChI=1S/C18H19NO3/c1-21-17-9-8-15(12-18(17)22-2)16(20)10-11-19-13-14-6-4-3-5-7-14/h3-12,19H,13H2,1-2H3. The Hall–Kier alpha value is -2.75. The van der Waals surface area contributed by atoms with Crippen LogP contribution in [0.3, 0.4) is 0 Å². The van der Waals surface area contributed by atoms with Gasteiger partial charge in [0.15, 0.2) is 17.3 Å². The van der Waals surface area contributed by atoms with E-state index in [4.69, 9.17) is 9.47 Å². The summed E-state index contributed by atoms with van der Waals surface area (Å²) in [6.45, 7) is 0.677. The molecule has 0 saturated carbocycles. The van der Waals surface area contributed by atoms with Gasteiger partial charge in [0.05, 0.1) is 14.2 Å². The fourth-order valence-corrected chi connectivity index (χ4v) is 1.99. The minimum absolute atomic E-state index is 0.0958. The second-order valence-electron chi connectivity index (χ2n) is 4.63. The van der Waals surface area contributed by atoms with Gasteiger partial charge in [0.25, 0.3) is 0 Å². The maximum Gasteiger partial charge on any atom is 0.187 e. The molecule has 1 N–H and O–H groups in total. The summed E-state index contributed by atoms with van der Waals surface area (Å²) in [6, 6.07) is 15.1. The number of ether oxygens (including phenoxy) is 2. The molecule has 114 valence electrons. The molecule has 0 saturated heterocycles. The van der Waals surface area contributed by atoms with Crippen LogP contribution < -0.4 is 14.8 Å². The van der Waals surface area contributed by atoms with Crippen LogP contribution in [0.4, 0.5) is 0 Å². The number of benzene rings is 2. The van der Waals surface area contributed by atoms with Gasteiger partial charge in [-0.2, -0.15) is 0 Å². The van der Waals surface area contributed by atoms with Crippen LogP contribution in [0.25, 0.3) is 0 Å². The Morgan fingerprint density at radius 3 is 2.45 bits per heavy atom. The first kappa shape index (κ1) is 15.6. The zero-order valence-electron chi connectivity index (χ0n) is 12.7. The van der Waals surface area contributed by atoms with E-state index in [1.165, 1.54) is 6.08 Å². The number of nitrogens with one attached hydrogen (secondary N) is 1. The number of methoxy groups -OCH3 is 2. The zero-order chi connectivity index (χ0) is 15.8. The summed E-state index contributed by atoms with van der Waals surface area (Å²) in [7, 11) is 3.11. The highest BCUT2D eigenvalue weighted by Crippen LogP contribution is 2.27. The monoisotopic (exact) mass is 297 g/mol. The van der Waals surface area contributed by atoms with Crippen LogP contribution in [0.1, 0.15) is 15.9 Å². The van der Waals surface area contributed by atoms with Gasteiger partial charge in [0.2, 0.25) is 0 Å². The van der Waals surface area contributed by atoms with Crippen molar-refractivity contribution >= 4 is 5.78 Å². The Balaban J connectivity index is 1.95. The first-order valence-electron chi connectivity index (χ1n) is 6.95. The number of hydrogen-bond donors (Lipinski definition) is 1. The van der Waals surface area contributed by atoms with E-state index in [1.807, 2.05) is 30.3 Å². The van der Waals surface area contributed by atoms with Crippen LogP contribution in [-0.4, -0.2) is 20.0 Å². The van der Waals surface area contributed by atoms with Crippen LogP contribution in [-0.2, 0) is 6.54 Å². The van der Waals surface area contributed by atoms with E-state index < -0.39 is 0 Å². The molecule has 2 rings (SSSR count). The van der Waals surface area contributed by atoms with Gasteiger partial charge in [-0.1, -0.05) is 30.3 Å². The molecule has 0 aliphatic heterocycles. The molecule has 22 heavy (non-hydrogen) atoms. The van der Waals surface area contributed by atoms with Gasteiger partial charge in [-0.25, -0.2) is 0 Å². The average molecular weight is 297 g/mol. The number of hydrogen-bond acceptors (Lipinski definition) is 4. The van der Waals surface area contributed by atoms with E-state index in [0.29, 0.717) is 23.6 Å². The van der Waals surface area contributed by atoms with Crippen molar-refractivity contribution in [3.63, 3.8) is 0 Å². The summed E-state index contributed by atoms with van der Waals surface area (Å²) in [5.41, 5.74) is 1.71. The fraction of sp³-hybridized carbons (Fsp3) is 0.167. The van der Waals surface area contributed by atoms with Gasteiger partial charge in [0.1, 0.15) is 0 Å². The molecule has 0 atom stereocenters. The number of allylic oxidation sites excluding steroid dienone is 1. The SMILES string of the molecule is COc1ccc(C(=O)C=CNCc2ccccc2)cc1OC. The van der Waals surface area contributed by atoms with Gasteiger partial charge in [-0.15, -0.1) is 0 Å². The minimum Gasteiger partial charge on any atom is -0.493 e. The van der Waals surface area contributed by atoms with Crippen molar-refractivity contribution in [3.05, 3.63) is 71.9 Å². The molecule has 0 fully saturated rings. The average Bonchev–Trinajstić information content (AvgIpc) is 2.58. The van der Waals surface area contributed by atoms with Crippen molar-refractivity contribution < 1.29 is 14.3 Å². The van der Waals surface area contributed by atoms with Crippen LogP contribution in [0.5, 0.6) is 11.5 Å². The van der Waals surface area contributed by atoms with Gasteiger partial charge < -0.3 is 14.8 Å². The number of ketones is 1. The molecule has 0 aliphatic carbocycles. The molecule has 2 aromatic carbocycles. The molecule has 4 heteroatoms. The Bertz CT molecular complexity index is 651. The first-order valence-corrected chi connectivity index (χ1v) is 6.95. The third kappa shape index (κ3) is 4.12. The summed E-state index contributed by atoms with van der Waals surface area (Å²) < 4.78 is 10.3. The van der Waals surface area contributed by atoms with Crippen LogP contribution in [0.2, 0.25) is 0 Å². The van der Waals surface area contributed by atoms with Crippen LogP contribution in [0.15, 0.2) is 60.8 Å². The molecule has 0 spiro atoms. The van der Waals surface area contributed by atoms with E-state index in [1.54, 1.807) is 38.6 Å². The number of rotatable bonds is 7. The molecule has 0 unspecified atom stereocenters. The van der Waals surface area contributed by atoms with Crippen molar-refractivity contribution in [2.24, 2.45) is 0 Å². The summed E-state index contributed by atoms with van der Waals surface area (Å²) in [6.07, 6.45) is 3.16. The summed E-state index contributed by atoms with van der Waals surface area (Å²) in [5.74, 6) is 1.05. The van der Waals surface area contributed by atoms with E-state index in [0.717, 1.165) is 5.56 Å². The van der Waals surface area contributed by atoms with E-state index in [9.17, 15) is 4.79 Å². The van der Waals surface area contributed by atoms with Crippen LogP contribution >= 0.6 is 0 Å². The van der Waals surface area contributed by atoms with E-state index in [2.05, 4.69) is 5.32 Å². The predicted octanol–water partition coefficient (Wildman–Crippen LogP) is 3.19. The molecule has 2 aromatic rings. The lowest BCUT2D eigenvalue weighted by Crippen LogP contribution is -2.06. The van der Waals surface area contributed by atoms with Crippen molar-refractivity contribution in [3.8, 4) is 11.5 Å². The zero-order valence-corrected chi connectivity index (χ0v) is 12.7. The molecule has 0 aliphatic rings. The van der Waals surface area contributed by atoms with E-state index in [-0.39, 0.29) is 5.78 Å². The van der Waals surface area contributed by atoms with Crippen molar-refractivity contribution in [1.29, 1.82) is 0 Å². The molecule has 0 heterocycles. The predicted molar refractivity (Wildman–Crippen MR) is 86.3 cm³/mol. The second kappa shape index (κ2) is 7.88. The third-order valence-corrected chi connectivity index (χ3v) is 3.17. The summed E-state index contributed by atoms with van der Waals surface area (Å²) >= 11 is 0. The maximum absolute atomic E-state index is 12.1. The number of carbonyl (C=O) groups is 1. The molecule has 0 radical (unpaired) electrons. The first-order chi connectivity index (χ1) is 10.7. The molecular formula is C18H19NO3. The summed E-state index contributed by atoms with van der Waals surface area (Å²) in [4.78, 5) is 12.1. The lowest BCUT2D eigenvalue weighted by Gasteiger charge is -2.08. The van der Waals surface area contributed by atoms with Gasteiger partial charge in [0, 0.05) is 24.4 Å². The van der Waals surface area contributed by atoms with Crippen molar-refractivity contribution in [2.75, 3.05) is 14.2 Å². The fourth-order valence-electron chi connectivity index (χ4n) is 1.99. The van der Waals surface area contributed by atoms with Gasteiger partial charge in [-0.3, -0.25) is 4.79 Å². The molecule has 4 nitrogen and oxygen atoms in total. The Labute approximate surface area is 130 Å². The summed E-state index contributed by atoms with van der Waals surface area (Å²) in [5, 5.41) is 3.10. The van der Waals surface area contributed by atoms with E-state index >= 15 is 0 Å². The highest BCUT2D eigenvalue weighted by molar-refractivity contribution is 6.04. The smallest absolute Gasteiger partial charge is 0.187 e. The van der Waals surface area contributed by atoms with Crippen LogP contribution in [0, 0.1) is 0 Å². The van der Waals surface area contributed by atoms with Gasteiger partial charge in [-0.05, 0) is 23.8 Å². The minimum atomic E-state index is -0.0958. The molecule has 0 amide bonds. The topological polar surface area (TPSA) is 47.6 Å².